The maximum Gasteiger partial charge on any atom is 0.251 e. The first kappa shape index (κ1) is 13.9. The van der Waals surface area contributed by atoms with Crippen LogP contribution in [-0.2, 0) is 18.3 Å². The van der Waals surface area contributed by atoms with Gasteiger partial charge in [0.2, 0.25) is 0 Å². The molecule has 0 bridgehead atoms. The minimum Gasteiger partial charge on any atom is -0.281 e. The van der Waals surface area contributed by atoms with Gasteiger partial charge in [0.1, 0.15) is 5.69 Å². The zero-order chi connectivity index (χ0) is 16.1. The van der Waals surface area contributed by atoms with Crippen molar-refractivity contribution in [3.63, 3.8) is 0 Å². The van der Waals surface area contributed by atoms with Gasteiger partial charge in [-0.3, -0.25) is 19.7 Å². The summed E-state index contributed by atoms with van der Waals surface area (Å²) < 4.78 is 1.77. The number of hydrogen-bond donors (Lipinski definition) is 1. The zero-order valence-electron chi connectivity index (χ0n) is 12.9. The Morgan fingerprint density at radius 2 is 2.04 bits per heavy atom. The van der Waals surface area contributed by atoms with Crippen LogP contribution in [0.5, 0.6) is 0 Å². The predicted octanol–water partition coefficient (Wildman–Crippen LogP) is 2.61. The fraction of sp³-hybridized carbons (Fsp3) is 0.235. The Bertz CT molecular complexity index is 945. The quantitative estimate of drug-likeness (QED) is 0.701. The van der Waals surface area contributed by atoms with E-state index in [1.807, 2.05) is 38.2 Å². The molecule has 6 heteroatoms. The molecule has 116 valence electrons. The molecule has 2 aromatic heterocycles. The summed E-state index contributed by atoms with van der Waals surface area (Å²) in [6.07, 6.45) is 2.72. The third-order valence-corrected chi connectivity index (χ3v) is 4.29. The van der Waals surface area contributed by atoms with E-state index in [1.54, 1.807) is 10.9 Å². The van der Waals surface area contributed by atoms with Crippen molar-refractivity contribution in [3.8, 4) is 11.3 Å². The van der Waals surface area contributed by atoms with Crippen LogP contribution >= 0.6 is 0 Å². The molecule has 0 saturated carbocycles. The van der Waals surface area contributed by atoms with Crippen LogP contribution < -0.4 is 5.06 Å². The second-order valence-electron chi connectivity index (χ2n) is 5.86. The van der Waals surface area contributed by atoms with Gasteiger partial charge in [0.25, 0.3) is 5.91 Å². The van der Waals surface area contributed by atoms with Gasteiger partial charge in [-0.2, -0.15) is 10.2 Å². The van der Waals surface area contributed by atoms with Gasteiger partial charge in [-0.1, -0.05) is 0 Å². The molecule has 1 aromatic carbocycles. The number of nitrogens with zero attached hydrogens (tertiary/aromatic N) is 4. The number of carbonyl (C=O) groups is 1. The van der Waals surface area contributed by atoms with E-state index < -0.39 is 0 Å². The smallest absolute Gasteiger partial charge is 0.251 e. The SMILES string of the molecule is Cc1cc(-c2nn(C)c3cc4c(cc23)CCC(=O)N4O)ccn1. The Balaban J connectivity index is 1.97. The monoisotopic (exact) mass is 308 g/mol. The lowest BCUT2D eigenvalue weighted by Crippen LogP contribution is -2.31. The van der Waals surface area contributed by atoms with Crippen LogP contribution in [0.15, 0.2) is 30.5 Å². The van der Waals surface area contributed by atoms with Crippen molar-refractivity contribution in [1.82, 2.24) is 14.8 Å². The fourth-order valence-electron chi connectivity index (χ4n) is 3.12. The Hall–Kier alpha value is -2.73. The highest BCUT2D eigenvalue weighted by Crippen LogP contribution is 2.35. The molecule has 1 aliphatic rings. The van der Waals surface area contributed by atoms with Crippen molar-refractivity contribution in [1.29, 1.82) is 0 Å². The molecule has 0 spiro atoms. The lowest BCUT2D eigenvalue weighted by atomic mass is 9.98. The summed E-state index contributed by atoms with van der Waals surface area (Å²) in [4.78, 5) is 15.9. The van der Waals surface area contributed by atoms with Crippen LogP contribution in [0, 0.1) is 6.92 Å². The van der Waals surface area contributed by atoms with E-state index in [-0.39, 0.29) is 5.91 Å². The summed E-state index contributed by atoms with van der Waals surface area (Å²) in [6.45, 7) is 1.95. The van der Waals surface area contributed by atoms with Gasteiger partial charge in [0.15, 0.2) is 0 Å². The van der Waals surface area contributed by atoms with Crippen molar-refractivity contribution >= 4 is 22.5 Å². The topological polar surface area (TPSA) is 71.2 Å². The predicted molar refractivity (Wildman–Crippen MR) is 86.3 cm³/mol. The van der Waals surface area contributed by atoms with Crippen LogP contribution in [0.25, 0.3) is 22.2 Å². The molecule has 0 radical (unpaired) electrons. The lowest BCUT2D eigenvalue weighted by Gasteiger charge is -2.23. The van der Waals surface area contributed by atoms with Gasteiger partial charge in [0, 0.05) is 36.3 Å². The number of pyridine rings is 1. The number of aromatic nitrogens is 3. The van der Waals surface area contributed by atoms with E-state index in [0.717, 1.165) is 38.5 Å². The minimum atomic E-state index is -0.274. The number of carbonyl (C=O) groups excluding carboxylic acids is 1. The highest BCUT2D eigenvalue weighted by molar-refractivity contribution is 6.01. The third kappa shape index (κ3) is 2.10. The number of anilines is 1. The van der Waals surface area contributed by atoms with E-state index >= 15 is 0 Å². The van der Waals surface area contributed by atoms with Crippen molar-refractivity contribution in [3.05, 3.63) is 41.7 Å². The number of rotatable bonds is 1. The number of fused-ring (bicyclic) bond motifs is 2. The molecule has 4 rings (SSSR count). The average Bonchev–Trinajstić information content (AvgIpc) is 2.86. The Kier molecular flexibility index (Phi) is 2.96. The summed E-state index contributed by atoms with van der Waals surface area (Å²) >= 11 is 0. The molecule has 0 fully saturated rings. The zero-order valence-corrected chi connectivity index (χ0v) is 12.9. The first-order valence-corrected chi connectivity index (χ1v) is 7.49. The summed E-state index contributed by atoms with van der Waals surface area (Å²) in [6, 6.07) is 7.80. The molecule has 0 saturated heterocycles. The Morgan fingerprint density at radius 1 is 1.22 bits per heavy atom. The van der Waals surface area contributed by atoms with Gasteiger partial charge >= 0.3 is 0 Å². The van der Waals surface area contributed by atoms with Crippen LogP contribution in [0.4, 0.5) is 5.69 Å². The summed E-state index contributed by atoms with van der Waals surface area (Å²) in [7, 11) is 1.86. The van der Waals surface area contributed by atoms with Crippen LogP contribution in [0.2, 0.25) is 0 Å². The van der Waals surface area contributed by atoms with E-state index in [9.17, 15) is 10.0 Å². The number of aryl methyl sites for hydroxylation is 3. The van der Waals surface area contributed by atoms with Gasteiger partial charge < -0.3 is 0 Å². The molecular weight excluding hydrogens is 292 g/mol. The molecular formula is C17H16N4O2. The largest absolute Gasteiger partial charge is 0.281 e. The van der Waals surface area contributed by atoms with Crippen LogP contribution in [-0.4, -0.2) is 25.9 Å². The molecule has 0 unspecified atom stereocenters. The highest BCUT2D eigenvalue weighted by atomic mass is 16.5. The number of amides is 1. The maximum absolute atomic E-state index is 11.7. The highest BCUT2D eigenvalue weighted by Gasteiger charge is 2.25. The number of hydroxylamine groups is 1. The minimum absolute atomic E-state index is 0.274. The molecule has 1 amide bonds. The Labute approximate surface area is 132 Å². The van der Waals surface area contributed by atoms with Crippen molar-refractivity contribution < 1.29 is 10.0 Å². The second kappa shape index (κ2) is 4.89. The second-order valence-corrected chi connectivity index (χ2v) is 5.86. The van der Waals surface area contributed by atoms with Crippen LogP contribution in [0.1, 0.15) is 17.7 Å². The summed E-state index contributed by atoms with van der Waals surface area (Å²) in [5.41, 5.74) is 5.22. The molecule has 6 nitrogen and oxygen atoms in total. The molecule has 1 aliphatic heterocycles. The first-order valence-electron chi connectivity index (χ1n) is 7.49. The maximum atomic E-state index is 11.7. The molecule has 3 heterocycles. The van der Waals surface area contributed by atoms with Gasteiger partial charge in [-0.15, -0.1) is 0 Å². The molecule has 3 aromatic rings. The van der Waals surface area contributed by atoms with Gasteiger partial charge in [-0.25, -0.2) is 0 Å². The average molecular weight is 308 g/mol. The van der Waals surface area contributed by atoms with E-state index in [1.165, 1.54) is 0 Å². The summed E-state index contributed by atoms with van der Waals surface area (Å²) in [5.74, 6) is -0.274. The van der Waals surface area contributed by atoms with E-state index in [0.29, 0.717) is 18.5 Å². The molecule has 1 N–H and O–H groups in total. The normalized spacial score (nSPS) is 14.4. The van der Waals surface area contributed by atoms with Crippen molar-refractivity contribution in [2.75, 3.05) is 5.06 Å². The fourth-order valence-corrected chi connectivity index (χ4v) is 3.12. The van der Waals surface area contributed by atoms with Crippen LogP contribution in [0.3, 0.4) is 0 Å². The standard InChI is InChI=1S/C17H16N4O2/c1-10-7-12(5-6-18-10)17-13-8-11-3-4-16(22)21(23)14(11)9-15(13)20(2)19-17/h5-9,23H,3-4H2,1-2H3. The van der Waals surface area contributed by atoms with Gasteiger partial charge in [0.05, 0.1) is 11.2 Å². The summed E-state index contributed by atoms with van der Waals surface area (Å²) in [5, 5.41) is 16.4. The third-order valence-electron chi connectivity index (χ3n) is 4.29. The van der Waals surface area contributed by atoms with Crippen molar-refractivity contribution in [2.24, 2.45) is 7.05 Å². The van der Waals surface area contributed by atoms with Crippen molar-refractivity contribution in [2.45, 2.75) is 19.8 Å². The Morgan fingerprint density at radius 3 is 2.83 bits per heavy atom. The molecule has 23 heavy (non-hydrogen) atoms. The van der Waals surface area contributed by atoms with E-state index in [2.05, 4.69) is 10.1 Å². The van der Waals surface area contributed by atoms with E-state index in [4.69, 9.17) is 0 Å². The lowest BCUT2D eigenvalue weighted by molar-refractivity contribution is -0.124. The first-order chi connectivity index (χ1) is 11.0. The number of hydrogen-bond acceptors (Lipinski definition) is 4. The van der Waals surface area contributed by atoms with Gasteiger partial charge in [-0.05, 0) is 43.2 Å². The molecule has 0 atom stereocenters. The number of benzene rings is 1. The molecule has 0 aliphatic carbocycles.